The molecule has 29 heavy (non-hydrogen) atoms. The van der Waals surface area contributed by atoms with E-state index in [0.29, 0.717) is 0 Å². The van der Waals surface area contributed by atoms with E-state index < -0.39 is 51.5 Å². The summed E-state index contributed by atoms with van der Waals surface area (Å²) in [5.41, 5.74) is -3.47. The Morgan fingerprint density at radius 1 is 0.862 bits per heavy atom. The van der Waals surface area contributed by atoms with E-state index in [-0.39, 0.29) is 11.1 Å². The molecular formula is C20H11F4N3O2. The van der Waals surface area contributed by atoms with Crippen LogP contribution in [-0.4, -0.2) is 15.5 Å². The number of H-pyrrole nitrogens is 1. The second-order valence-corrected chi connectivity index (χ2v) is 6.10. The van der Waals surface area contributed by atoms with Gasteiger partial charge in [-0.25, -0.2) is 17.6 Å². The maximum absolute atomic E-state index is 14.5. The lowest BCUT2D eigenvalue weighted by atomic mass is 10.0. The molecule has 9 heteroatoms. The molecule has 0 radical (unpaired) electrons. The van der Waals surface area contributed by atoms with E-state index in [1.54, 1.807) is 17.4 Å². The van der Waals surface area contributed by atoms with Gasteiger partial charge in [0.1, 0.15) is 11.3 Å². The first kappa shape index (κ1) is 18.5. The molecule has 0 aliphatic heterocycles. The van der Waals surface area contributed by atoms with Crippen molar-refractivity contribution in [2.45, 2.75) is 0 Å². The highest BCUT2D eigenvalue weighted by Crippen LogP contribution is 2.34. The average molecular weight is 401 g/mol. The van der Waals surface area contributed by atoms with Gasteiger partial charge in [0, 0.05) is 6.20 Å². The van der Waals surface area contributed by atoms with Gasteiger partial charge in [0.2, 0.25) is 0 Å². The second kappa shape index (κ2) is 6.93. The Bertz CT molecular complexity index is 1280. The molecule has 2 N–H and O–H groups in total. The Kier molecular flexibility index (Phi) is 4.42. The van der Waals surface area contributed by atoms with Crippen LogP contribution >= 0.6 is 0 Å². The molecular weight excluding hydrogens is 390 g/mol. The first-order valence-corrected chi connectivity index (χ1v) is 8.32. The highest BCUT2D eigenvalue weighted by molar-refractivity contribution is 6.08. The average Bonchev–Trinajstić information content (AvgIpc) is 3.06. The van der Waals surface area contributed by atoms with Gasteiger partial charge < -0.3 is 5.32 Å². The van der Waals surface area contributed by atoms with Crippen molar-refractivity contribution in [3.8, 4) is 11.1 Å². The summed E-state index contributed by atoms with van der Waals surface area (Å²) >= 11 is 0. The molecule has 2 heterocycles. The molecule has 4 rings (SSSR count). The predicted molar refractivity (Wildman–Crippen MR) is 97.7 cm³/mol. The lowest BCUT2D eigenvalue weighted by Gasteiger charge is -2.13. The fourth-order valence-electron chi connectivity index (χ4n) is 3.02. The standard InChI is InChI=1S/C20H11F4N3O2/c21-14-12(10-6-2-1-3-7-10)15(22)17(24)18(16(14)23)25-19(28)13-11-8-4-5-9-27(11)26-20(13)29/h1-9H,(H,25,28)(H,26,29). The molecule has 0 saturated carbocycles. The van der Waals surface area contributed by atoms with Crippen molar-refractivity contribution < 1.29 is 22.4 Å². The Morgan fingerprint density at radius 2 is 1.48 bits per heavy atom. The molecule has 2 aromatic carbocycles. The normalized spacial score (nSPS) is 11.0. The molecule has 0 spiro atoms. The van der Waals surface area contributed by atoms with E-state index in [1.165, 1.54) is 47.1 Å². The number of halogens is 4. The Hall–Kier alpha value is -3.88. The summed E-state index contributed by atoms with van der Waals surface area (Å²) in [5, 5.41) is 4.11. The minimum atomic E-state index is -1.78. The van der Waals surface area contributed by atoms with Gasteiger partial charge in [0.25, 0.3) is 11.5 Å². The van der Waals surface area contributed by atoms with Gasteiger partial charge in [-0.05, 0) is 17.7 Å². The van der Waals surface area contributed by atoms with Gasteiger partial charge in [-0.15, -0.1) is 0 Å². The third-order valence-electron chi connectivity index (χ3n) is 4.36. The van der Waals surface area contributed by atoms with Crippen LogP contribution in [0, 0.1) is 23.3 Å². The summed E-state index contributed by atoms with van der Waals surface area (Å²) in [6.07, 6.45) is 1.45. The summed E-state index contributed by atoms with van der Waals surface area (Å²) in [4.78, 5) is 24.5. The number of nitrogens with one attached hydrogen (secondary N) is 2. The number of carbonyl (C=O) groups excluding carboxylic acids is 1. The zero-order chi connectivity index (χ0) is 20.7. The van der Waals surface area contributed by atoms with E-state index in [1.807, 2.05) is 0 Å². The lowest BCUT2D eigenvalue weighted by Crippen LogP contribution is -2.22. The molecule has 1 amide bonds. The SMILES string of the molecule is O=C(Nc1c(F)c(F)c(-c2ccccc2)c(F)c1F)c1c(=O)[nH]n2ccccc12. The quantitative estimate of drug-likeness (QED) is 0.401. The molecule has 0 aliphatic rings. The van der Waals surface area contributed by atoms with Crippen molar-refractivity contribution in [2.75, 3.05) is 5.32 Å². The van der Waals surface area contributed by atoms with Crippen LogP contribution in [0.25, 0.3) is 16.6 Å². The predicted octanol–water partition coefficient (Wildman–Crippen LogP) is 4.10. The molecule has 0 atom stereocenters. The molecule has 2 aromatic heterocycles. The van der Waals surface area contributed by atoms with Gasteiger partial charge in [0.15, 0.2) is 23.3 Å². The number of amides is 1. The van der Waals surface area contributed by atoms with Gasteiger partial charge in [-0.2, -0.15) is 0 Å². The maximum atomic E-state index is 14.5. The number of hydrogen-bond donors (Lipinski definition) is 2. The highest BCUT2D eigenvalue weighted by atomic mass is 19.2. The molecule has 0 bridgehead atoms. The summed E-state index contributed by atoms with van der Waals surface area (Å²) in [6.45, 7) is 0. The van der Waals surface area contributed by atoms with Crippen molar-refractivity contribution in [3.05, 3.63) is 93.9 Å². The van der Waals surface area contributed by atoms with Crippen LogP contribution in [0.15, 0.2) is 59.5 Å². The first-order chi connectivity index (χ1) is 13.9. The third-order valence-corrected chi connectivity index (χ3v) is 4.36. The minimum Gasteiger partial charge on any atom is -0.317 e. The Labute approximate surface area is 160 Å². The monoisotopic (exact) mass is 401 g/mol. The van der Waals surface area contributed by atoms with Crippen LogP contribution in [0.1, 0.15) is 10.4 Å². The number of aromatic amines is 1. The smallest absolute Gasteiger partial charge is 0.277 e. The van der Waals surface area contributed by atoms with E-state index >= 15 is 0 Å². The zero-order valence-corrected chi connectivity index (χ0v) is 14.5. The number of nitrogens with zero attached hydrogens (tertiary/aromatic N) is 1. The van der Waals surface area contributed by atoms with Crippen LogP contribution in [0.4, 0.5) is 23.2 Å². The molecule has 0 fully saturated rings. The molecule has 0 saturated heterocycles. The summed E-state index contributed by atoms with van der Waals surface area (Å²) < 4.78 is 59.3. The number of anilines is 1. The number of pyridine rings is 1. The van der Waals surface area contributed by atoms with Gasteiger partial charge in [-0.3, -0.25) is 19.2 Å². The molecule has 4 aromatic rings. The van der Waals surface area contributed by atoms with Crippen LogP contribution in [0.3, 0.4) is 0 Å². The van der Waals surface area contributed by atoms with E-state index in [2.05, 4.69) is 5.10 Å². The fourth-order valence-corrected chi connectivity index (χ4v) is 3.02. The van der Waals surface area contributed by atoms with Crippen molar-refractivity contribution in [3.63, 3.8) is 0 Å². The van der Waals surface area contributed by atoms with Gasteiger partial charge in [0.05, 0.1) is 11.1 Å². The zero-order valence-electron chi connectivity index (χ0n) is 14.5. The largest absolute Gasteiger partial charge is 0.317 e. The number of rotatable bonds is 3. The van der Waals surface area contributed by atoms with E-state index in [0.717, 1.165) is 0 Å². The van der Waals surface area contributed by atoms with Gasteiger partial charge in [-0.1, -0.05) is 36.4 Å². The molecule has 0 unspecified atom stereocenters. The van der Waals surface area contributed by atoms with Crippen molar-refractivity contribution >= 4 is 17.1 Å². The minimum absolute atomic E-state index is 0.0759. The molecule has 5 nitrogen and oxygen atoms in total. The number of carbonyl (C=O) groups is 1. The van der Waals surface area contributed by atoms with Crippen LogP contribution in [-0.2, 0) is 0 Å². The van der Waals surface area contributed by atoms with Gasteiger partial charge >= 0.3 is 0 Å². The number of fused-ring (bicyclic) bond motifs is 1. The van der Waals surface area contributed by atoms with E-state index in [9.17, 15) is 27.2 Å². The number of aromatic nitrogens is 2. The van der Waals surface area contributed by atoms with Crippen LogP contribution in [0.2, 0.25) is 0 Å². The Balaban J connectivity index is 1.81. The van der Waals surface area contributed by atoms with E-state index in [4.69, 9.17) is 0 Å². The van der Waals surface area contributed by atoms with Crippen LogP contribution < -0.4 is 10.9 Å². The number of hydrogen-bond acceptors (Lipinski definition) is 2. The second-order valence-electron chi connectivity index (χ2n) is 6.10. The van der Waals surface area contributed by atoms with Crippen molar-refractivity contribution in [1.82, 2.24) is 9.61 Å². The topological polar surface area (TPSA) is 66.4 Å². The lowest BCUT2D eigenvalue weighted by molar-refractivity contribution is 0.102. The fraction of sp³-hybridized carbons (Fsp3) is 0. The van der Waals surface area contributed by atoms with Crippen LogP contribution in [0.5, 0.6) is 0 Å². The summed E-state index contributed by atoms with van der Waals surface area (Å²) in [7, 11) is 0. The first-order valence-electron chi connectivity index (χ1n) is 8.32. The molecule has 0 aliphatic carbocycles. The third kappa shape index (κ3) is 2.96. The highest BCUT2D eigenvalue weighted by Gasteiger charge is 2.28. The Morgan fingerprint density at radius 3 is 2.14 bits per heavy atom. The van der Waals surface area contributed by atoms with Crippen molar-refractivity contribution in [1.29, 1.82) is 0 Å². The van der Waals surface area contributed by atoms with Crippen molar-refractivity contribution in [2.24, 2.45) is 0 Å². The number of benzene rings is 2. The maximum Gasteiger partial charge on any atom is 0.277 e. The summed E-state index contributed by atoms with van der Waals surface area (Å²) in [5.74, 6) is -8.11. The molecule has 146 valence electrons. The summed E-state index contributed by atoms with van der Waals surface area (Å²) in [6, 6.07) is 11.6.